The van der Waals surface area contributed by atoms with Crippen LogP contribution in [0.5, 0.6) is 0 Å². The van der Waals surface area contributed by atoms with Crippen molar-refractivity contribution >= 4 is 17.5 Å². The Morgan fingerprint density at radius 3 is 2.30 bits per heavy atom. The summed E-state index contributed by atoms with van der Waals surface area (Å²) < 4.78 is 2.06. The van der Waals surface area contributed by atoms with Gasteiger partial charge in [0, 0.05) is 5.02 Å². The molecule has 0 radical (unpaired) electrons. The lowest BCUT2D eigenvalue weighted by atomic mass is 10.1. The lowest BCUT2D eigenvalue weighted by Gasteiger charge is -2.15. The molecule has 33 heavy (non-hydrogen) atoms. The first-order valence-electron chi connectivity index (χ1n) is 10.3. The van der Waals surface area contributed by atoms with Crippen molar-refractivity contribution in [3.05, 3.63) is 128 Å². The van der Waals surface area contributed by atoms with Gasteiger partial charge in [-0.1, -0.05) is 72.3 Å². The van der Waals surface area contributed by atoms with E-state index in [2.05, 4.69) is 10.4 Å². The highest BCUT2D eigenvalue weighted by Crippen LogP contribution is 2.13. The van der Waals surface area contributed by atoms with Gasteiger partial charge >= 0.3 is 5.69 Å². The van der Waals surface area contributed by atoms with Gasteiger partial charge in [0.15, 0.2) is 0 Å². The summed E-state index contributed by atoms with van der Waals surface area (Å²) in [6.45, 7) is 1.76. The Labute approximate surface area is 194 Å². The minimum absolute atomic E-state index is 0.0535. The van der Waals surface area contributed by atoms with Gasteiger partial charge in [0.25, 0.3) is 11.5 Å². The van der Waals surface area contributed by atoms with Gasteiger partial charge in [-0.3, -0.25) is 14.2 Å². The lowest BCUT2D eigenvalue weighted by Crippen LogP contribution is -2.46. The van der Waals surface area contributed by atoms with E-state index in [0.717, 1.165) is 14.8 Å². The molecule has 166 valence electrons. The van der Waals surface area contributed by atoms with Crippen LogP contribution in [0.3, 0.4) is 0 Å². The number of aromatic nitrogens is 3. The summed E-state index contributed by atoms with van der Waals surface area (Å²) in [5.41, 5.74) is 0.164. The summed E-state index contributed by atoms with van der Waals surface area (Å²) in [7, 11) is 0. The zero-order chi connectivity index (χ0) is 23.4. The third kappa shape index (κ3) is 4.94. The van der Waals surface area contributed by atoms with Crippen LogP contribution < -0.4 is 16.6 Å². The third-order valence-electron chi connectivity index (χ3n) is 5.15. The first kappa shape index (κ1) is 22.2. The molecule has 3 aromatic carbocycles. The van der Waals surface area contributed by atoms with Gasteiger partial charge in [-0.25, -0.2) is 4.79 Å². The van der Waals surface area contributed by atoms with E-state index in [1.165, 1.54) is 0 Å². The summed E-state index contributed by atoms with van der Waals surface area (Å²) in [6, 6.07) is 24.5. The van der Waals surface area contributed by atoms with E-state index in [1.807, 2.05) is 37.3 Å². The van der Waals surface area contributed by atoms with Crippen molar-refractivity contribution in [3.63, 3.8) is 0 Å². The van der Waals surface area contributed by atoms with E-state index in [9.17, 15) is 14.4 Å². The minimum atomic E-state index is -0.773. The van der Waals surface area contributed by atoms with Crippen LogP contribution in [0.1, 0.15) is 34.6 Å². The first-order chi connectivity index (χ1) is 15.9. The number of benzene rings is 3. The van der Waals surface area contributed by atoms with E-state index in [0.29, 0.717) is 16.3 Å². The normalized spacial score (nSPS) is 11.7. The van der Waals surface area contributed by atoms with Crippen molar-refractivity contribution in [1.82, 2.24) is 19.7 Å². The molecule has 1 heterocycles. The zero-order valence-corrected chi connectivity index (χ0v) is 18.6. The number of amides is 1. The first-order valence-corrected chi connectivity index (χ1v) is 10.7. The fourth-order valence-electron chi connectivity index (χ4n) is 3.44. The number of rotatable bonds is 6. The van der Waals surface area contributed by atoms with Crippen molar-refractivity contribution < 1.29 is 4.79 Å². The van der Waals surface area contributed by atoms with E-state index < -0.39 is 17.2 Å². The quantitative estimate of drug-likeness (QED) is 0.476. The van der Waals surface area contributed by atoms with Crippen LogP contribution in [-0.2, 0) is 6.54 Å². The average Bonchev–Trinajstić information content (AvgIpc) is 2.83. The smallest absolute Gasteiger partial charge is 0.344 e. The Morgan fingerprint density at radius 2 is 1.64 bits per heavy atom. The fourth-order valence-corrected chi connectivity index (χ4v) is 3.65. The highest BCUT2D eigenvalue weighted by atomic mass is 35.5. The molecule has 0 saturated carbocycles. The van der Waals surface area contributed by atoms with Crippen molar-refractivity contribution in [3.8, 4) is 5.69 Å². The molecular weight excluding hydrogens is 440 g/mol. The molecule has 4 rings (SSSR count). The molecule has 4 aromatic rings. The van der Waals surface area contributed by atoms with Crippen LogP contribution in [0, 0.1) is 0 Å². The predicted octanol–water partition coefficient (Wildman–Crippen LogP) is 3.59. The molecule has 1 N–H and O–H groups in total. The van der Waals surface area contributed by atoms with Crippen LogP contribution in [0.25, 0.3) is 5.69 Å². The molecule has 1 amide bonds. The van der Waals surface area contributed by atoms with Crippen molar-refractivity contribution in [2.75, 3.05) is 0 Å². The van der Waals surface area contributed by atoms with Crippen LogP contribution in [0.2, 0.25) is 5.02 Å². The molecule has 0 saturated heterocycles. The molecule has 1 unspecified atom stereocenters. The number of nitrogens with zero attached hydrogens (tertiary/aromatic N) is 3. The molecule has 0 aliphatic rings. The monoisotopic (exact) mass is 460 g/mol. The summed E-state index contributed by atoms with van der Waals surface area (Å²) >= 11 is 6.07. The van der Waals surface area contributed by atoms with Crippen molar-refractivity contribution in [1.29, 1.82) is 0 Å². The molecule has 0 bridgehead atoms. The van der Waals surface area contributed by atoms with Gasteiger partial charge in [-0.2, -0.15) is 9.78 Å². The van der Waals surface area contributed by atoms with Crippen molar-refractivity contribution in [2.45, 2.75) is 19.5 Å². The standard InChI is InChI=1S/C25H21ClN4O3/c1-17(19-10-4-2-5-11-19)27-23(31)22-24(32)29(16-18-9-8-12-20(26)15-18)25(33)30(28-22)21-13-6-3-7-14-21/h2-15,17H,16H2,1H3,(H,27,31). The van der Waals surface area contributed by atoms with Crippen LogP contribution in [0.4, 0.5) is 0 Å². The van der Waals surface area contributed by atoms with E-state index in [1.54, 1.807) is 54.6 Å². The maximum atomic E-state index is 13.2. The van der Waals surface area contributed by atoms with Gasteiger partial charge in [-0.05, 0) is 42.3 Å². The van der Waals surface area contributed by atoms with Crippen LogP contribution in [-0.4, -0.2) is 20.3 Å². The Kier molecular flexibility index (Phi) is 6.51. The highest BCUT2D eigenvalue weighted by Gasteiger charge is 2.22. The molecule has 1 atom stereocenters. The summed E-state index contributed by atoms with van der Waals surface area (Å²) in [4.78, 5) is 39.5. The van der Waals surface area contributed by atoms with Gasteiger partial charge in [-0.15, -0.1) is 0 Å². The lowest BCUT2D eigenvalue weighted by molar-refractivity contribution is 0.0930. The minimum Gasteiger partial charge on any atom is -0.344 e. The number of halogens is 1. The molecule has 7 nitrogen and oxygen atoms in total. The van der Waals surface area contributed by atoms with Gasteiger partial charge < -0.3 is 5.32 Å². The second-order valence-electron chi connectivity index (χ2n) is 7.51. The topological polar surface area (TPSA) is 86.0 Å². The number of carbonyl (C=O) groups excluding carboxylic acids is 1. The summed E-state index contributed by atoms with van der Waals surface area (Å²) in [5, 5.41) is 7.42. The number of carbonyl (C=O) groups is 1. The Morgan fingerprint density at radius 1 is 0.970 bits per heavy atom. The number of hydrogen-bond acceptors (Lipinski definition) is 4. The zero-order valence-electron chi connectivity index (χ0n) is 17.8. The van der Waals surface area contributed by atoms with E-state index in [4.69, 9.17) is 11.6 Å². The summed E-state index contributed by atoms with van der Waals surface area (Å²) in [6.07, 6.45) is 0. The van der Waals surface area contributed by atoms with E-state index in [-0.39, 0.29) is 18.3 Å². The van der Waals surface area contributed by atoms with Crippen LogP contribution >= 0.6 is 11.6 Å². The number of para-hydroxylation sites is 1. The molecule has 0 aliphatic heterocycles. The number of hydrogen-bond donors (Lipinski definition) is 1. The van der Waals surface area contributed by atoms with Gasteiger partial charge in [0.05, 0.1) is 18.3 Å². The highest BCUT2D eigenvalue weighted by molar-refractivity contribution is 6.30. The maximum Gasteiger partial charge on any atom is 0.352 e. The second-order valence-corrected chi connectivity index (χ2v) is 7.94. The third-order valence-corrected chi connectivity index (χ3v) is 5.39. The number of nitrogens with one attached hydrogen (secondary N) is 1. The molecule has 0 spiro atoms. The van der Waals surface area contributed by atoms with Gasteiger partial charge in [0.1, 0.15) is 0 Å². The molecular formula is C25H21ClN4O3. The van der Waals surface area contributed by atoms with Gasteiger partial charge in [0.2, 0.25) is 5.69 Å². The molecule has 0 aliphatic carbocycles. The van der Waals surface area contributed by atoms with E-state index >= 15 is 0 Å². The second kappa shape index (κ2) is 9.67. The van der Waals surface area contributed by atoms with Crippen LogP contribution in [0.15, 0.2) is 94.5 Å². The SMILES string of the molecule is CC(NC(=O)c1nn(-c2ccccc2)c(=O)n(Cc2cccc(Cl)c2)c1=O)c1ccccc1. The average molecular weight is 461 g/mol. The Balaban J connectivity index is 1.80. The van der Waals surface area contributed by atoms with Crippen molar-refractivity contribution in [2.24, 2.45) is 0 Å². The fraction of sp³-hybridized carbons (Fsp3) is 0.120. The molecule has 1 aromatic heterocycles. The molecule has 8 heteroatoms. The molecule has 0 fully saturated rings. The largest absolute Gasteiger partial charge is 0.352 e. The summed E-state index contributed by atoms with van der Waals surface area (Å²) in [5.74, 6) is -0.666. The predicted molar refractivity (Wildman–Crippen MR) is 127 cm³/mol. The maximum absolute atomic E-state index is 13.2. The Hall–Kier alpha value is -3.97. The Bertz CT molecular complexity index is 1400.